The highest BCUT2D eigenvalue weighted by Gasteiger charge is 2.26. The van der Waals surface area contributed by atoms with Crippen LogP contribution in [0.5, 0.6) is 0 Å². The maximum Gasteiger partial charge on any atom is 0.308 e. The monoisotopic (exact) mass is 294 g/mol. The summed E-state index contributed by atoms with van der Waals surface area (Å²) in [4.78, 5) is 11.3. The van der Waals surface area contributed by atoms with E-state index in [0.29, 0.717) is 6.61 Å². The first-order valence-electron chi connectivity index (χ1n) is 7.48. The van der Waals surface area contributed by atoms with Crippen LogP contribution in [0.4, 0.5) is 0 Å². The lowest BCUT2D eigenvalue weighted by Crippen LogP contribution is -2.33. The smallest absolute Gasteiger partial charge is 0.308 e. The van der Waals surface area contributed by atoms with Crippen molar-refractivity contribution < 1.29 is 19.4 Å². The van der Waals surface area contributed by atoms with E-state index in [1.807, 2.05) is 37.3 Å². The van der Waals surface area contributed by atoms with E-state index in [0.717, 1.165) is 18.4 Å². The van der Waals surface area contributed by atoms with Crippen molar-refractivity contribution in [2.75, 3.05) is 7.11 Å². The number of methoxy groups -OCH3 is 1. The van der Waals surface area contributed by atoms with Gasteiger partial charge >= 0.3 is 5.97 Å². The van der Waals surface area contributed by atoms with Crippen molar-refractivity contribution in [3.05, 3.63) is 35.9 Å². The summed E-state index contributed by atoms with van der Waals surface area (Å²) >= 11 is 0. The highest BCUT2D eigenvalue weighted by molar-refractivity contribution is 5.69. The van der Waals surface area contributed by atoms with E-state index in [1.165, 1.54) is 7.11 Å². The molecule has 1 N–H and O–H groups in total. The van der Waals surface area contributed by atoms with Crippen molar-refractivity contribution >= 4 is 5.97 Å². The maximum absolute atomic E-state index is 11.3. The van der Waals surface area contributed by atoms with Gasteiger partial charge in [-0.2, -0.15) is 0 Å². The van der Waals surface area contributed by atoms with Crippen LogP contribution in [-0.2, 0) is 20.9 Å². The zero-order valence-electron chi connectivity index (χ0n) is 13.1. The van der Waals surface area contributed by atoms with E-state index in [1.54, 1.807) is 0 Å². The summed E-state index contributed by atoms with van der Waals surface area (Å²) in [6.45, 7) is 4.51. The molecular weight excluding hydrogens is 268 g/mol. The Kier molecular flexibility index (Phi) is 8.01. The number of aliphatic hydroxyl groups is 1. The maximum atomic E-state index is 11.3. The van der Waals surface area contributed by atoms with E-state index in [9.17, 15) is 9.90 Å². The van der Waals surface area contributed by atoms with Crippen LogP contribution in [0.3, 0.4) is 0 Å². The summed E-state index contributed by atoms with van der Waals surface area (Å²) in [6, 6.07) is 9.94. The molecule has 1 aromatic rings. The second-order valence-corrected chi connectivity index (χ2v) is 5.33. The predicted molar refractivity (Wildman–Crippen MR) is 81.7 cm³/mol. The Morgan fingerprint density at radius 1 is 1.29 bits per heavy atom. The number of ether oxygens (including phenoxy) is 2. The zero-order chi connectivity index (χ0) is 15.7. The Labute approximate surface area is 127 Å². The second kappa shape index (κ2) is 9.53. The van der Waals surface area contributed by atoms with Crippen molar-refractivity contribution in [3.8, 4) is 0 Å². The number of rotatable bonds is 9. The third kappa shape index (κ3) is 6.27. The van der Waals surface area contributed by atoms with Crippen molar-refractivity contribution in [2.45, 2.75) is 51.9 Å². The summed E-state index contributed by atoms with van der Waals surface area (Å²) < 4.78 is 10.6. The molecule has 4 nitrogen and oxygen atoms in total. The number of carbonyl (C=O) groups is 1. The topological polar surface area (TPSA) is 55.8 Å². The van der Waals surface area contributed by atoms with Gasteiger partial charge in [0.2, 0.25) is 0 Å². The normalized spacial score (nSPS) is 15.2. The molecule has 0 fully saturated rings. The Morgan fingerprint density at radius 3 is 2.52 bits per heavy atom. The Hall–Kier alpha value is -1.39. The molecule has 0 radical (unpaired) electrons. The minimum atomic E-state index is -0.746. The van der Waals surface area contributed by atoms with Crippen LogP contribution < -0.4 is 0 Å². The number of esters is 1. The summed E-state index contributed by atoms with van der Waals surface area (Å²) in [5.74, 6) is -0.513. The Bertz CT molecular complexity index is 405. The number of aliphatic hydroxyl groups excluding tert-OH is 1. The van der Waals surface area contributed by atoms with Gasteiger partial charge in [-0.05, 0) is 12.0 Å². The van der Waals surface area contributed by atoms with Crippen LogP contribution in [0.25, 0.3) is 0 Å². The lowest BCUT2D eigenvalue weighted by atomic mass is 9.93. The fraction of sp³-hybridized carbons (Fsp3) is 0.588. The van der Waals surface area contributed by atoms with Gasteiger partial charge in [0.25, 0.3) is 0 Å². The van der Waals surface area contributed by atoms with Gasteiger partial charge in [0.05, 0.1) is 32.3 Å². The van der Waals surface area contributed by atoms with Crippen LogP contribution in [0, 0.1) is 5.92 Å². The number of benzene rings is 1. The van der Waals surface area contributed by atoms with Crippen LogP contribution in [0.15, 0.2) is 30.3 Å². The molecule has 0 aliphatic carbocycles. The van der Waals surface area contributed by atoms with E-state index in [4.69, 9.17) is 4.74 Å². The van der Waals surface area contributed by atoms with Gasteiger partial charge in [0.1, 0.15) is 0 Å². The molecule has 1 aromatic carbocycles. The van der Waals surface area contributed by atoms with Crippen molar-refractivity contribution in [3.63, 3.8) is 0 Å². The molecule has 4 heteroatoms. The molecule has 0 bridgehead atoms. The number of carbonyl (C=O) groups excluding carboxylic acids is 1. The lowest BCUT2D eigenvalue weighted by Gasteiger charge is -2.27. The van der Waals surface area contributed by atoms with E-state index in [-0.39, 0.29) is 18.4 Å². The average Bonchev–Trinajstić information content (AvgIpc) is 2.51. The summed E-state index contributed by atoms with van der Waals surface area (Å²) in [5.41, 5.74) is 1.10. The standard InChI is InChI=1S/C17H26O4/c1-4-8-16(13(2)15(18)11-17(19)20-3)21-12-14-9-6-5-7-10-14/h5-7,9-10,13,15-16,18H,4,8,11-12H2,1-3H3/t13-,15?,16+/m1/s1. The first-order valence-corrected chi connectivity index (χ1v) is 7.48. The average molecular weight is 294 g/mol. The van der Waals surface area contributed by atoms with Gasteiger partial charge in [-0.1, -0.05) is 50.6 Å². The molecule has 21 heavy (non-hydrogen) atoms. The molecule has 1 unspecified atom stereocenters. The fourth-order valence-corrected chi connectivity index (χ4v) is 2.25. The van der Waals surface area contributed by atoms with Crippen LogP contribution in [0.2, 0.25) is 0 Å². The quantitative estimate of drug-likeness (QED) is 0.711. The molecule has 0 aromatic heterocycles. The highest BCUT2D eigenvalue weighted by Crippen LogP contribution is 2.21. The van der Waals surface area contributed by atoms with Crippen LogP contribution in [0.1, 0.15) is 38.7 Å². The first-order chi connectivity index (χ1) is 10.1. The predicted octanol–water partition coefficient (Wildman–Crippen LogP) is 2.93. The van der Waals surface area contributed by atoms with Crippen molar-refractivity contribution in [1.82, 2.24) is 0 Å². The number of hydrogen-bond donors (Lipinski definition) is 1. The minimum Gasteiger partial charge on any atom is -0.469 e. The third-order valence-corrected chi connectivity index (χ3v) is 3.68. The molecule has 0 aliphatic heterocycles. The summed E-state index contributed by atoms with van der Waals surface area (Å²) in [6.07, 6.45) is 1.01. The van der Waals surface area contributed by atoms with Gasteiger partial charge < -0.3 is 14.6 Å². The molecule has 0 saturated carbocycles. The zero-order valence-corrected chi connectivity index (χ0v) is 13.1. The molecule has 0 amide bonds. The van der Waals surface area contributed by atoms with Crippen molar-refractivity contribution in [1.29, 1.82) is 0 Å². The molecule has 3 atom stereocenters. The molecule has 0 aliphatic rings. The van der Waals surface area contributed by atoms with Gasteiger partial charge in [-0.15, -0.1) is 0 Å². The highest BCUT2D eigenvalue weighted by atomic mass is 16.5. The summed E-state index contributed by atoms with van der Waals surface area (Å²) in [7, 11) is 1.33. The molecular formula is C17H26O4. The molecule has 1 rings (SSSR count). The summed E-state index contributed by atoms with van der Waals surface area (Å²) in [5, 5.41) is 10.1. The van der Waals surface area contributed by atoms with Crippen molar-refractivity contribution in [2.24, 2.45) is 5.92 Å². The van der Waals surface area contributed by atoms with Gasteiger partial charge in [0.15, 0.2) is 0 Å². The van der Waals surface area contributed by atoms with Crippen LogP contribution in [-0.4, -0.2) is 30.4 Å². The molecule has 0 spiro atoms. The third-order valence-electron chi connectivity index (χ3n) is 3.68. The minimum absolute atomic E-state index is 0.00653. The second-order valence-electron chi connectivity index (χ2n) is 5.33. The van der Waals surface area contributed by atoms with E-state index in [2.05, 4.69) is 11.7 Å². The molecule has 0 saturated heterocycles. The largest absolute Gasteiger partial charge is 0.469 e. The molecule has 118 valence electrons. The van der Waals surface area contributed by atoms with E-state index < -0.39 is 12.1 Å². The SMILES string of the molecule is CCC[C@H](OCc1ccccc1)[C@H](C)C(O)CC(=O)OC. The number of hydrogen-bond acceptors (Lipinski definition) is 4. The lowest BCUT2D eigenvalue weighted by molar-refractivity contribution is -0.144. The van der Waals surface area contributed by atoms with Gasteiger partial charge in [0, 0.05) is 5.92 Å². The molecule has 0 heterocycles. The Balaban J connectivity index is 2.56. The van der Waals surface area contributed by atoms with Gasteiger partial charge in [-0.3, -0.25) is 4.79 Å². The van der Waals surface area contributed by atoms with Gasteiger partial charge in [-0.25, -0.2) is 0 Å². The van der Waals surface area contributed by atoms with E-state index >= 15 is 0 Å². The Morgan fingerprint density at radius 2 is 1.95 bits per heavy atom. The fourth-order valence-electron chi connectivity index (χ4n) is 2.25. The van der Waals surface area contributed by atoms with Crippen LogP contribution >= 0.6 is 0 Å². The first kappa shape index (κ1) is 17.7.